The fourth-order valence-corrected chi connectivity index (χ4v) is 16.3. The first-order valence-electron chi connectivity index (χ1n) is 37.3. The number of carbonyl (C=O) groups excluding carboxylic acids is 3. The number of hydrogen-bond acceptors (Lipinski definition) is 13. The molecule has 0 radical (unpaired) electrons. The van der Waals surface area contributed by atoms with Gasteiger partial charge >= 0.3 is 17.9 Å². The van der Waals surface area contributed by atoms with Gasteiger partial charge in [0.15, 0.2) is 18.9 Å². The van der Waals surface area contributed by atoms with Gasteiger partial charge in [-0.1, -0.05) is 234 Å². The summed E-state index contributed by atoms with van der Waals surface area (Å²) < 4.78 is 56.9. The van der Waals surface area contributed by atoms with Crippen molar-refractivity contribution in [2.24, 2.45) is 27.1 Å². The molecule has 1 N–H and O–H groups in total. The SMILES string of the molecule is CCCCCCCCOC(CCC(=O)OCC12CC3(CO)CC4(COC(=O)CCC(OCCCCCCCC)OCCCCCCCC)CC(COC(=O)CCC(OCCCCCCCC)OCCCCCCCC)(C1)C34C2)OCCCCCCCC. The van der Waals surface area contributed by atoms with Gasteiger partial charge in [-0.15, -0.1) is 0 Å². The van der Waals surface area contributed by atoms with Crippen molar-refractivity contribution in [1.82, 2.24) is 0 Å². The topological polar surface area (TPSA) is 155 Å². The molecule has 0 amide bonds. The van der Waals surface area contributed by atoms with Gasteiger partial charge in [0.05, 0.1) is 39.1 Å². The van der Waals surface area contributed by atoms with Crippen molar-refractivity contribution in [3.63, 3.8) is 0 Å². The average molecular weight is 1230 g/mol. The highest BCUT2D eigenvalue weighted by atomic mass is 16.7. The second-order valence-corrected chi connectivity index (χ2v) is 28.0. The number of rotatable bonds is 64. The fourth-order valence-electron chi connectivity index (χ4n) is 16.3. The highest BCUT2D eigenvalue weighted by Gasteiger charge is 2.95. The van der Waals surface area contributed by atoms with E-state index in [2.05, 4.69) is 41.5 Å². The quantitative estimate of drug-likeness (QED) is 0.0266. The van der Waals surface area contributed by atoms with Crippen LogP contribution < -0.4 is 0 Å². The molecule has 4 rings (SSSR count). The van der Waals surface area contributed by atoms with Crippen LogP contribution in [-0.2, 0) is 57.0 Å². The van der Waals surface area contributed by atoms with E-state index in [0.29, 0.717) is 84.6 Å². The Balaban J connectivity index is 1.44. The maximum Gasteiger partial charge on any atom is 0.305 e. The zero-order valence-corrected chi connectivity index (χ0v) is 57.4. The summed E-state index contributed by atoms with van der Waals surface area (Å²) in [4.78, 5) is 41.8. The molecule has 0 saturated heterocycles. The molecule has 13 heteroatoms. The molecule has 0 aromatic carbocycles. The maximum absolute atomic E-state index is 14.0. The first-order chi connectivity index (χ1) is 42.5. The Bertz CT molecular complexity index is 1640. The summed E-state index contributed by atoms with van der Waals surface area (Å²) in [5, 5.41) is 11.6. The zero-order chi connectivity index (χ0) is 62.6. The third kappa shape index (κ3) is 26.9. The van der Waals surface area contributed by atoms with Crippen LogP contribution in [0.15, 0.2) is 0 Å². The molecule has 0 heterocycles. The summed E-state index contributed by atoms with van der Waals surface area (Å²) in [5.74, 6) is -0.819. The first kappa shape index (κ1) is 77.6. The average Bonchev–Trinajstić information content (AvgIpc) is 1.48. The van der Waals surface area contributed by atoms with Crippen molar-refractivity contribution in [3.8, 4) is 0 Å². The van der Waals surface area contributed by atoms with Gasteiger partial charge in [-0.05, 0) is 76.0 Å². The van der Waals surface area contributed by atoms with E-state index in [1.54, 1.807) is 0 Å². The molecule has 87 heavy (non-hydrogen) atoms. The molecule has 4 aliphatic carbocycles. The molecule has 510 valence electrons. The van der Waals surface area contributed by atoms with Crippen LogP contribution in [0, 0.1) is 27.1 Å². The number of aliphatic hydroxyl groups excluding tert-OH is 1. The standard InChI is InChI=1S/C74H136O13/c1-7-13-19-25-31-37-49-79-67(80-50-38-32-26-20-14-8-2)46-43-64(76)85-61-70-55-71(60-75)58-73(63-87-66(78)45-48-69(83-53-41-35-29-23-17-11-5)84-54-42-36-30-24-18-12-6)59-72(56-70,74(71,73)57-70)62-86-65(77)44-47-68(81-51-39-33-27-21-15-9-3)82-52-40-34-28-22-16-10-4/h67-69,75H,7-63H2,1-6H3. The minimum Gasteiger partial charge on any atom is -0.465 e. The van der Waals surface area contributed by atoms with E-state index in [1.807, 2.05) is 0 Å². The van der Waals surface area contributed by atoms with Crippen molar-refractivity contribution < 1.29 is 62.1 Å². The van der Waals surface area contributed by atoms with E-state index in [1.165, 1.54) is 154 Å². The van der Waals surface area contributed by atoms with Gasteiger partial charge in [-0.2, -0.15) is 0 Å². The lowest BCUT2D eigenvalue weighted by atomic mass is 9.20. The lowest BCUT2D eigenvalue weighted by Crippen LogP contribution is -2.82. The predicted molar refractivity (Wildman–Crippen MR) is 350 cm³/mol. The van der Waals surface area contributed by atoms with Gasteiger partial charge in [0.1, 0.15) is 0 Å². The van der Waals surface area contributed by atoms with Crippen LogP contribution in [0.2, 0.25) is 0 Å². The van der Waals surface area contributed by atoms with Crippen molar-refractivity contribution >= 4 is 17.9 Å². The number of unbranched alkanes of at least 4 members (excludes halogenated alkanes) is 30. The fraction of sp³-hybridized carbons (Fsp3) is 0.959. The molecule has 5 unspecified atom stereocenters. The second-order valence-electron chi connectivity index (χ2n) is 28.0. The Morgan fingerprint density at radius 2 is 0.552 bits per heavy atom. The van der Waals surface area contributed by atoms with Crippen LogP contribution in [0.25, 0.3) is 0 Å². The number of hydrogen-bond donors (Lipinski definition) is 1. The molecule has 0 aromatic rings. The Morgan fingerprint density at radius 1 is 0.310 bits per heavy atom. The van der Waals surface area contributed by atoms with Gasteiger partial charge in [0.25, 0.3) is 0 Å². The van der Waals surface area contributed by atoms with E-state index < -0.39 is 40.5 Å². The maximum atomic E-state index is 14.0. The van der Waals surface area contributed by atoms with Crippen molar-refractivity contribution in [2.45, 2.75) is 362 Å². The summed E-state index contributed by atoms with van der Waals surface area (Å²) in [6, 6.07) is 0. The van der Waals surface area contributed by atoms with Crippen molar-refractivity contribution in [3.05, 3.63) is 0 Å². The Labute approximate surface area is 533 Å². The third-order valence-corrected chi connectivity index (χ3v) is 20.6. The number of esters is 3. The van der Waals surface area contributed by atoms with E-state index in [0.717, 1.165) is 83.5 Å². The number of ether oxygens (including phenoxy) is 9. The number of aliphatic hydroxyl groups is 1. The van der Waals surface area contributed by atoms with E-state index >= 15 is 0 Å². The Hall–Kier alpha value is -1.87. The lowest BCUT2D eigenvalue weighted by Gasteiger charge is -2.83. The molecular formula is C74H136O13. The van der Waals surface area contributed by atoms with Crippen LogP contribution >= 0.6 is 0 Å². The van der Waals surface area contributed by atoms with Crippen LogP contribution in [0.4, 0.5) is 0 Å². The van der Waals surface area contributed by atoms with E-state index in [9.17, 15) is 19.5 Å². The van der Waals surface area contributed by atoms with E-state index in [4.69, 9.17) is 42.6 Å². The summed E-state index contributed by atoms with van der Waals surface area (Å²) in [7, 11) is 0. The molecule has 5 atom stereocenters. The normalized spacial score (nSPS) is 22.6. The monoisotopic (exact) mass is 1230 g/mol. The summed E-state index contributed by atoms with van der Waals surface area (Å²) in [5.41, 5.74) is -2.16. The van der Waals surface area contributed by atoms with Crippen LogP contribution in [0.5, 0.6) is 0 Å². The first-order valence-corrected chi connectivity index (χ1v) is 37.3. The minimum absolute atomic E-state index is 0.0250. The lowest BCUT2D eigenvalue weighted by molar-refractivity contribution is -0.388. The molecule has 13 nitrogen and oxygen atoms in total. The zero-order valence-electron chi connectivity index (χ0n) is 57.4. The van der Waals surface area contributed by atoms with Gasteiger partial charge in [0.2, 0.25) is 0 Å². The Morgan fingerprint density at radius 3 is 0.839 bits per heavy atom. The van der Waals surface area contributed by atoms with E-state index in [-0.39, 0.29) is 69.0 Å². The minimum atomic E-state index is -0.469. The van der Waals surface area contributed by atoms with Crippen molar-refractivity contribution in [1.29, 1.82) is 0 Å². The molecule has 4 fully saturated rings. The molecular weight excluding hydrogens is 1100 g/mol. The number of fused-ring (bicyclic) bond motifs is 1. The molecule has 1 spiro atoms. The molecule has 4 saturated carbocycles. The van der Waals surface area contributed by atoms with Gasteiger partial charge in [-0.25, -0.2) is 0 Å². The second kappa shape index (κ2) is 46.2. The van der Waals surface area contributed by atoms with Gasteiger partial charge in [-0.3, -0.25) is 14.4 Å². The molecule has 0 aromatic heterocycles. The van der Waals surface area contributed by atoms with Gasteiger partial charge in [0, 0.05) is 87.2 Å². The highest BCUT2D eigenvalue weighted by molar-refractivity contribution is 5.70. The smallest absolute Gasteiger partial charge is 0.305 e. The van der Waals surface area contributed by atoms with Crippen LogP contribution in [-0.4, -0.2) is 108 Å². The predicted octanol–water partition coefficient (Wildman–Crippen LogP) is 19.1. The van der Waals surface area contributed by atoms with Crippen LogP contribution in [0.1, 0.15) is 343 Å². The summed E-state index contributed by atoms with van der Waals surface area (Å²) >= 11 is 0. The third-order valence-electron chi connectivity index (χ3n) is 20.6. The molecule has 2 bridgehead atoms. The molecule has 0 aliphatic heterocycles. The van der Waals surface area contributed by atoms with Gasteiger partial charge < -0.3 is 47.7 Å². The Kier molecular flexibility index (Phi) is 41.2. The molecule has 4 aliphatic rings. The summed E-state index contributed by atoms with van der Waals surface area (Å²) in [6.07, 6.45) is 46.3. The summed E-state index contributed by atoms with van der Waals surface area (Å²) in [6.45, 7) is 17.8. The van der Waals surface area contributed by atoms with Crippen molar-refractivity contribution in [2.75, 3.05) is 66.1 Å². The highest BCUT2D eigenvalue weighted by Crippen LogP contribution is 2.98. The van der Waals surface area contributed by atoms with Crippen LogP contribution in [0.3, 0.4) is 0 Å². The largest absolute Gasteiger partial charge is 0.465 e. The number of carbonyl (C=O) groups is 3.